The second-order valence-corrected chi connectivity index (χ2v) is 6.92. The average molecular weight is 348 g/mol. The predicted molar refractivity (Wildman–Crippen MR) is 93.6 cm³/mol. The van der Waals surface area contributed by atoms with E-state index in [-0.39, 0.29) is 16.8 Å². The van der Waals surface area contributed by atoms with E-state index in [9.17, 15) is 9.90 Å². The third kappa shape index (κ3) is 3.07. The molecule has 0 aliphatic carbocycles. The third-order valence-corrected chi connectivity index (χ3v) is 3.92. The summed E-state index contributed by atoms with van der Waals surface area (Å²) in [6, 6.07) is 4.69. The number of nitrogens with one attached hydrogen (secondary N) is 2. The van der Waals surface area contributed by atoms with Crippen molar-refractivity contribution < 1.29 is 5.11 Å². The van der Waals surface area contributed by atoms with Gasteiger partial charge < -0.3 is 10.4 Å². The molecule has 0 atom stereocenters. The number of hydrogen-bond acceptors (Lipinski definition) is 5. The number of benzene rings is 1. The van der Waals surface area contributed by atoms with Crippen molar-refractivity contribution >= 4 is 28.6 Å². The highest BCUT2D eigenvalue weighted by molar-refractivity contribution is 6.31. The van der Waals surface area contributed by atoms with Crippen LogP contribution in [0.25, 0.3) is 11.0 Å². The summed E-state index contributed by atoms with van der Waals surface area (Å²) in [5.74, 6) is 0.442. The van der Waals surface area contributed by atoms with Gasteiger partial charge in [-0.3, -0.25) is 9.78 Å². The van der Waals surface area contributed by atoms with E-state index in [4.69, 9.17) is 11.6 Å². The highest BCUT2D eigenvalue weighted by Gasteiger charge is 2.19. The van der Waals surface area contributed by atoms with E-state index in [1.165, 1.54) is 12.3 Å². The zero-order chi connectivity index (χ0) is 17.5. The van der Waals surface area contributed by atoms with Gasteiger partial charge in [-0.15, -0.1) is 0 Å². The molecule has 0 aliphatic heterocycles. The second kappa shape index (κ2) is 5.83. The summed E-state index contributed by atoms with van der Waals surface area (Å²) >= 11 is 6.10. The van der Waals surface area contributed by atoms with Crippen molar-refractivity contribution in [2.75, 3.05) is 5.32 Å². The Hall–Kier alpha value is -2.54. The van der Waals surface area contributed by atoms with Crippen molar-refractivity contribution in [3.63, 3.8) is 0 Å². The number of nitrogens with zero attached hydrogens (tertiary/aromatic N) is 3. The molecule has 1 aromatic carbocycles. The summed E-state index contributed by atoms with van der Waals surface area (Å²) in [7, 11) is 0. The average Bonchev–Trinajstić information content (AvgIpc) is 2.93. The number of aromatic nitrogens is 4. The number of H-pyrrole nitrogens is 1. The summed E-state index contributed by atoms with van der Waals surface area (Å²) in [6.07, 6.45) is 1.52. The smallest absolute Gasteiger partial charge is 0.263 e. The van der Waals surface area contributed by atoms with Gasteiger partial charge in [0, 0.05) is 11.6 Å². The Morgan fingerprint density at radius 2 is 2.12 bits per heavy atom. The molecule has 0 fully saturated rings. The van der Waals surface area contributed by atoms with Gasteiger partial charge in [-0.25, -0.2) is 4.68 Å². The fourth-order valence-electron chi connectivity index (χ4n) is 2.37. The van der Waals surface area contributed by atoms with E-state index in [0.29, 0.717) is 34.1 Å². The lowest BCUT2D eigenvalue weighted by Gasteiger charge is -2.19. The van der Waals surface area contributed by atoms with Gasteiger partial charge in [0.05, 0.1) is 11.7 Å². The predicted octanol–water partition coefficient (Wildman–Crippen LogP) is 2.85. The standard InChI is InChI=1S/C16H18ClN5O2/c1-16(2,3)22-13-11(8-19-22)14(24)21-15(20-13)18-7-9-6-10(23)4-5-12(9)17/h4-6,8,23H,7H2,1-3H3,(H2,18,20,21,24). The summed E-state index contributed by atoms with van der Waals surface area (Å²) in [5.41, 5.74) is 0.647. The normalized spacial score (nSPS) is 11.8. The first kappa shape index (κ1) is 16.3. The summed E-state index contributed by atoms with van der Waals surface area (Å²) in [4.78, 5) is 19.4. The molecule has 126 valence electrons. The van der Waals surface area contributed by atoms with Crippen molar-refractivity contribution in [2.24, 2.45) is 0 Å². The number of phenolic OH excluding ortho intramolecular Hbond substituents is 1. The first-order valence-electron chi connectivity index (χ1n) is 7.45. The van der Waals surface area contributed by atoms with Crippen LogP contribution in [0.1, 0.15) is 26.3 Å². The van der Waals surface area contributed by atoms with Crippen LogP contribution < -0.4 is 10.9 Å². The van der Waals surface area contributed by atoms with E-state index in [0.717, 1.165) is 0 Å². The number of aromatic hydroxyl groups is 1. The molecular weight excluding hydrogens is 330 g/mol. The fraction of sp³-hybridized carbons (Fsp3) is 0.312. The topological polar surface area (TPSA) is 95.8 Å². The van der Waals surface area contributed by atoms with Crippen LogP contribution in [0.15, 0.2) is 29.2 Å². The van der Waals surface area contributed by atoms with Crippen molar-refractivity contribution in [2.45, 2.75) is 32.9 Å². The Morgan fingerprint density at radius 3 is 2.83 bits per heavy atom. The lowest BCUT2D eigenvalue weighted by Crippen LogP contribution is -2.24. The molecule has 0 spiro atoms. The molecule has 0 aliphatic rings. The number of anilines is 1. The minimum absolute atomic E-state index is 0.124. The molecule has 3 N–H and O–H groups in total. The largest absolute Gasteiger partial charge is 0.508 e. The zero-order valence-electron chi connectivity index (χ0n) is 13.6. The maximum Gasteiger partial charge on any atom is 0.263 e. The fourth-order valence-corrected chi connectivity index (χ4v) is 2.55. The lowest BCUT2D eigenvalue weighted by atomic mass is 10.1. The van der Waals surface area contributed by atoms with E-state index < -0.39 is 0 Å². The zero-order valence-corrected chi connectivity index (χ0v) is 14.3. The van der Waals surface area contributed by atoms with Crippen molar-refractivity contribution in [1.82, 2.24) is 19.7 Å². The molecule has 0 radical (unpaired) electrons. The maximum absolute atomic E-state index is 12.2. The third-order valence-electron chi connectivity index (χ3n) is 3.55. The molecule has 2 aromatic heterocycles. The molecule has 3 rings (SSSR count). The van der Waals surface area contributed by atoms with Crippen LogP contribution in [0, 0.1) is 0 Å². The van der Waals surface area contributed by atoms with Gasteiger partial charge >= 0.3 is 0 Å². The molecule has 0 saturated heterocycles. The minimum atomic E-state index is -0.297. The van der Waals surface area contributed by atoms with Gasteiger partial charge in [-0.2, -0.15) is 10.1 Å². The van der Waals surface area contributed by atoms with Gasteiger partial charge in [0.1, 0.15) is 11.1 Å². The molecule has 0 unspecified atom stereocenters. The summed E-state index contributed by atoms with van der Waals surface area (Å²) in [5, 5.41) is 17.8. The first-order valence-corrected chi connectivity index (χ1v) is 7.83. The molecule has 2 heterocycles. The molecule has 8 heteroatoms. The van der Waals surface area contributed by atoms with E-state index in [1.54, 1.807) is 16.8 Å². The Labute approximate surface area is 143 Å². The van der Waals surface area contributed by atoms with Crippen molar-refractivity contribution in [1.29, 1.82) is 0 Å². The summed E-state index contributed by atoms with van der Waals surface area (Å²) < 4.78 is 1.71. The van der Waals surface area contributed by atoms with Crippen LogP contribution in [-0.2, 0) is 12.1 Å². The molecule has 7 nitrogen and oxygen atoms in total. The molecule has 0 amide bonds. The van der Waals surface area contributed by atoms with Gasteiger partial charge in [-0.1, -0.05) is 11.6 Å². The number of phenols is 1. The highest BCUT2D eigenvalue weighted by atomic mass is 35.5. The van der Waals surface area contributed by atoms with E-state index in [2.05, 4.69) is 20.4 Å². The Bertz CT molecular complexity index is 955. The van der Waals surface area contributed by atoms with Gasteiger partial charge in [0.15, 0.2) is 5.65 Å². The molecule has 24 heavy (non-hydrogen) atoms. The quantitative estimate of drug-likeness (QED) is 0.677. The number of fused-ring (bicyclic) bond motifs is 1. The number of halogens is 1. The van der Waals surface area contributed by atoms with Crippen LogP contribution in [-0.4, -0.2) is 24.9 Å². The SMILES string of the molecule is CC(C)(C)n1ncc2c(=O)[nH]c(NCc3cc(O)ccc3Cl)nc21. The van der Waals surface area contributed by atoms with Crippen molar-refractivity contribution in [3.05, 3.63) is 45.3 Å². The number of rotatable bonds is 3. The molecular formula is C16H18ClN5O2. The van der Waals surface area contributed by atoms with Gasteiger partial charge in [-0.05, 0) is 44.5 Å². The summed E-state index contributed by atoms with van der Waals surface area (Å²) in [6.45, 7) is 6.27. The van der Waals surface area contributed by atoms with E-state index >= 15 is 0 Å². The van der Waals surface area contributed by atoms with E-state index in [1.807, 2.05) is 20.8 Å². The highest BCUT2D eigenvalue weighted by Crippen LogP contribution is 2.22. The number of aromatic amines is 1. The Morgan fingerprint density at radius 1 is 1.38 bits per heavy atom. The van der Waals surface area contributed by atoms with Crippen LogP contribution in [0.4, 0.5) is 5.95 Å². The van der Waals surface area contributed by atoms with Gasteiger partial charge in [0.2, 0.25) is 5.95 Å². The second-order valence-electron chi connectivity index (χ2n) is 6.51. The minimum Gasteiger partial charge on any atom is -0.508 e. The monoisotopic (exact) mass is 347 g/mol. The first-order chi connectivity index (χ1) is 11.3. The Kier molecular flexibility index (Phi) is 3.96. The molecule has 0 bridgehead atoms. The molecule has 0 saturated carbocycles. The van der Waals surface area contributed by atoms with Crippen LogP contribution in [0.2, 0.25) is 5.02 Å². The number of hydrogen-bond donors (Lipinski definition) is 3. The molecule has 3 aromatic rings. The Balaban J connectivity index is 1.95. The lowest BCUT2D eigenvalue weighted by molar-refractivity contribution is 0.366. The van der Waals surface area contributed by atoms with Crippen molar-refractivity contribution in [3.8, 4) is 5.75 Å². The van der Waals surface area contributed by atoms with Gasteiger partial charge in [0.25, 0.3) is 5.56 Å². The van der Waals surface area contributed by atoms with Crippen LogP contribution in [0.5, 0.6) is 5.75 Å². The van der Waals surface area contributed by atoms with Crippen LogP contribution in [0.3, 0.4) is 0 Å². The maximum atomic E-state index is 12.2. The van der Waals surface area contributed by atoms with Crippen LogP contribution >= 0.6 is 11.6 Å².